The van der Waals surface area contributed by atoms with Gasteiger partial charge in [-0.2, -0.15) is 0 Å². The topological polar surface area (TPSA) is 58.4 Å². The summed E-state index contributed by atoms with van der Waals surface area (Å²) < 4.78 is 13.5. The van der Waals surface area contributed by atoms with Crippen LogP contribution < -0.4 is 11.1 Å². The normalized spacial score (nSPS) is 12.6. The first-order valence-corrected chi connectivity index (χ1v) is 5.85. The quantitative estimate of drug-likeness (QED) is 0.818. The molecule has 1 aromatic rings. The molecule has 1 aromatic carbocycles. The Morgan fingerprint density at radius 2 is 2.17 bits per heavy atom. The van der Waals surface area contributed by atoms with Crippen molar-refractivity contribution >= 4 is 5.91 Å². The van der Waals surface area contributed by atoms with Crippen molar-refractivity contribution in [1.82, 2.24) is 10.2 Å². The van der Waals surface area contributed by atoms with Crippen LogP contribution in [-0.2, 0) is 17.9 Å². The molecule has 0 saturated carbocycles. The molecule has 0 aliphatic carbocycles. The lowest BCUT2D eigenvalue weighted by Crippen LogP contribution is -2.37. The van der Waals surface area contributed by atoms with Crippen molar-refractivity contribution in [1.29, 1.82) is 0 Å². The van der Waals surface area contributed by atoms with Crippen LogP contribution in [0.15, 0.2) is 18.2 Å². The molecule has 0 fully saturated rings. The molecule has 0 heterocycles. The Kier molecular flexibility index (Phi) is 5.25. The van der Waals surface area contributed by atoms with E-state index in [9.17, 15) is 9.18 Å². The second-order valence-electron chi connectivity index (χ2n) is 4.67. The van der Waals surface area contributed by atoms with Gasteiger partial charge in [0.25, 0.3) is 0 Å². The maximum Gasteiger partial charge on any atom is 0.236 e. The van der Waals surface area contributed by atoms with Gasteiger partial charge in [-0.25, -0.2) is 4.39 Å². The molecule has 0 radical (unpaired) electrons. The zero-order chi connectivity index (χ0) is 13.7. The van der Waals surface area contributed by atoms with Crippen LogP contribution in [0.5, 0.6) is 0 Å². The number of nitrogens with one attached hydrogen (secondary N) is 1. The van der Waals surface area contributed by atoms with Crippen LogP contribution in [0, 0.1) is 5.82 Å². The highest BCUT2D eigenvalue weighted by atomic mass is 19.1. The number of hydrogen-bond acceptors (Lipinski definition) is 3. The maximum atomic E-state index is 13.5. The number of nitrogens with two attached hydrogens (primary N) is 1. The summed E-state index contributed by atoms with van der Waals surface area (Å²) in [7, 11) is 3.76. The van der Waals surface area contributed by atoms with Crippen LogP contribution in [0.4, 0.5) is 4.39 Å². The molecule has 0 aliphatic rings. The molecule has 0 aliphatic heterocycles. The highest BCUT2D eigenvalue weighted by molar-refractivity contribution is 5.80. The fraction of sp³-hybridized carbons (Fsp3) is 0.462. The molecule has 0 bridgehead atoms. The van der Waals surface area contributed by atoms with E-state index in [1.54, 1.807) is 19.1 Å². The molecule has 18 heavy (non-hydrogen) atoms. The predicted molar refractivity (Wildman–Crippen MR) is 69.3 cm³/mol. The van der Waals surface area contributed by atoms with Gasteiger partial charge in [-0.3, -0.25) is 4.79 Å². The van der Waals surface area contributed by atoms with Gasteiger partial charge in [0, 0.05) is 18.7 Å². The van der Waals surface area contributed by atoms with E-state index in [0.717, 1.165) is 5.56 Å². The Balaban J connectivity index is 2.70. The van der Waals surface area contributed by atoms with E-state index in [4.69, 9.17) is 5.73 Å². The zero-order valence-corrected chi connectivity index (χ0v) is 11.0. The van der Waals surface area contributed by atoms with Crippen molar-refractivity contribution < 1.29 is 9.18 Å². The molecule has 0 spiro atoms. The highest BCUT2D eigenvalue weighted by Gasteiger charge is 2.08. The standard InChI is InChI=1S/C13H20FN3O/c1-9(15)13(18)16-7-10-4-5-12(14)11(6-10)8-17(2)3/h4-6,9H,7-8,15H2,1-3H3,(H,16,18). The average molecular weight is 253 g/mol. The number of halogens is 1. The molecule has 4 nitrogen and oxygen atoms in total. The summed E-state index contributed by atoms with van der Waals surface area (Å²) in [6.07, 6.45) is 0. The molecule has 1 unspecified atom stereocenters. The average Bonchev–Trinajstić information content (AvgIpc) is 2.28. The van der Waals surface area contributed by atoms with Gasteiger partial charge < -0.3 is 16.0 Å². The molecule has 3 N–H and O–H groups in total. The molecule has 1 atom stereocenters. The van der Waals surface area contributed by atoms with Crippen LogP contribution in [0.3, 0.4) is 0 Å². The molecule has 1 rings (SSSR count). The van der Waals surface area contributed by atoms with E-state index < -0.39 is 6.04 Å². The second-order valence-corrected chi connectivity index (χ2v) is 4.67. The molecule has 0 aromatic heterocycles. The van der Waals surface area contributed by atoms with Crippen molar-refractivity contribution in [3.05, 3.63) is 35.1 Å². The number of amides is 1. The van der Waals surface area contributed by atoms with E-state index in [1.165, 1.54) is 6.07 Å². The van der Waals surface area contributed by atoms with Gasteiger partial charge in [-0.1, -0.05) is 6.07 Å². The van der Waals surface area contributed by atoms with Crippen molar-refractivity contribution in [3.63, 3.8) is 0 Å². The molecular formula is C13H20FN3O. The van der Waals surface area contributed by atoms with Gasteiger partial charge in [0.15, 0.2) is 0 Å². The fourth-order valence-corrected chi connectivity index (χ4v) is 1.55. The van der Waals surface area contributed by atoms with Crippen LogP contribution in [0.1, 0.15) is 18.1 Å². The third kappa shape index (κ3) is 4.43. The van der Waals surface area contributed by atoms with E-state index in [0.29, 0.717) is 18.7 Å². The summed E-state index contributed by atoms with van der Waals surface area (Å²) in [6, 6.07) is 4.31. The number of nitrogens with zero attached hydrogens (tertiary/aromatic N) is 1. The minimum atomic E-state index is -0.535. The molecule has 1 amide bonds. The third-order valence-corrected chi connectivity index (χ3v) is 2.48. The number of benzene rings is 1. The number of hydrogen-bond donors (Lipinski definition) is 2. The SMILES string of the molecule is CC(N)C(=O)NCc1ccc(F)c(CN(C)C)c1. The Morgan fingerprint density at radius 3 is 2.72 bits per heavy atom. The molecular weight excluding hydrogens is 233 g/mol. The van der Waals surface area contributed by atoms with Crippen LogP contribution in [-0.4, -0.2) is 30.9 Å². The van der Waals surface area contributed by atoms with Crippen LogP contribution >= 0.6 is 0 Å². The lowest BCUT2D eigenvalue weighted by Gasteiger charge is -2.13. The lowest BCUT2D eigenvalue weighted by atomic mass is 10.1. The summed E-state index contributed by atoms with van der Waals surface area (Å²) >= 11 is 0. The minimum Gasteiger partial charge on any atom is -0.351 e. The minimum absolute atomic E-state index is 0.214. The van der Waals surface area contributed by atoms with Crippen LogP contribution in [0.2, 0.25) is 0 Å². The highest BCUT2D eigenvalue weighted by Crippen LogP contribution is 2.12. The maximum absolute atomic E-state index is 13.5. The number of carbonyl (C=O) groups is 1. The first-order valence-electron chi connectivity index (χ1n) is 5.85. The van der Waals surface area contributed by atoms with E-state index in [-0.39, 0.29) is 11.7 Å². The van der Waals surface area contributed by atoms with Gasteiger partial charge >= 0.3 is 0 Å². The first kappa shape index (κ1) is 14.6. The second kappa shape index (κ2) is 6.47. The van der Waals surface area contributed by atoms with E-state index in [2.05, 4.69) is 5.32 Å². The Labute approximate surface area is 107 Å². The van der Waals surface area contributed by atoms with Crippen molar-refractivity contribution in [2.45, 2.75) is 26.1 Å². The Hall–Kier alpha value is -1.46. The first-order chi connectivity index (χ1) is 8.40. The van der Waals surface area contributed by atoms with E-state index in [1.807, 2.05) is 19.0 Å². The Bertz CT molecular complexity index is 419. The van der Waals surface area contributed by atoms with Gasteiger partial charge in [-0.15, -0.1) is 0 Å². The third-order valence-electron chi connectivity index (χ3n) is 2.48. The van der Waals surface area contributed by atoms with Crippen LogP contribution in [0.25, 0.3) is 0 Å². The smallest absolute Gasteiger partial charge is 0.236 e. The van der Waals surface area contributed by atoms with Crippen molar-refractivity contribution in [2.24, 2.45) is 5.73 Å². The van der Waals surface area contributed by atoms with Gasteiger partial charge in [0.2, 0.25) is 5.91 Å². The zero-order valence-electron chi connectivity index (χ0n) is 11.0. The fourth-order valence-electron chi connectivity index (χ4n) is 1.55. The van der Waals surface area contributed by atoms with Gasteiger partial charge in [0.05, 0.1) is 6.04 Å². The Morgan fingerprint density at radius 1 is 1.50 bits per heavy atom. The molecule has 5 heteroatoms. The van der Waals surface area contributed by atoms with Crippen molar-refractivity contribution in [3.8, 4) is 0 Å². The summed E-state index contributed by atoms with van der Waals surface area (Å²) in [5, 5.41) is 2.70. The van der Waals surface area contributed by atoms with Gasteiger partial charge in [-0.05, 0) is 38.7 Å². The largest absolute Gasteiger partial charge is 0.351 e. The molecule has 0 saturated heterocycles. The number of carbonyl (C=O) groups excluding carboxylic acids is 1. The summed E-state index contributed by atoms with van der Waals surface area (Å²) in [5.41, 5.74) is 6.92. The van der Waals surface area contributed by atoms with Crippen molar-refractivity contribution in [2.75, 3.05) is 14.1 Å². The lowest BCUT2D eigenvalue weighted by molar-refractivity contribution is -0.122. The molecule has 100 valence electrons. The summed E-state index contributed by atoms with van der Waals surface area (Å²) in [5.74, 6) is -0.445. The monoisotopic (exact) mass is 253 g/mol. The summed E-state index contributed by atoms with van der Waals surface area (Å²) in [6.45, 7) is 2.51. The van der Waals surface area contributed by atoms with Gasteiger partial charge in [0.1, 0.15) is 5.82 Å². The predicted octanol–water partition coefficient (Wildman–Crippen LogP) is 0.851. The number of rotatable bonds is 5. The van der Waals surface area contributed by atoms with E-state index >= 15 is 0 Å². The summed E-state index contributed by atoms with van der Waals surface area (Å²) in [4.78, 5) is 13.2.